The van der Waals surface area contributed by atoms with E-state index >= 15 is 0 Å². The summed E-state index contributed by atoms with van der Waals surface area (Å²) in [6.07, 6.45) is 3.46. The first-order valence-corrected chi connectivity index (χ1v) is 9.43. The van der Waals surface area contributed by atoms with E-state index in [1.165, 1.54) is 11.8 Å². The van der Waals surface area contributed by atoms with E-state index in [0.29, 0.717) is 17.5 Å². The number of aromatic nitrogens is 7. The Labute approximate surface area is 165 Å². The number of thioether (sulfide) groups is 1. The molecule has 0 bridgehead atoms. The van der Waals surface area contributed by atoms with E-state index in [0.717, 1.165) is 22.2 Å². The molecule has 0 atom stereocenters. The molecule has 0 spiro atoms. The van der Waals surface area contributed by atoms with Crippen molar-refractivity contribution in [3.05, 3.63) is 60.7 Å². The summed E-state index contributed by atoms with van der Waals surface area (Å²) in [6, 6.07) is 13.4. The lowest BCUT2D eigenvalue weighted by Gasteiger charge is -2.07. The third kappa shape index (κ3) is 4.07. The average molecular weight is 391 g/mol. The number of pyridine rings is 1. The number of nitrogens with two attached hydrogens (primary N) is 1. The van der Waals surface area contributed by atoms with Crippen LogP contribution in [0.1, 0.15) is 5.82 Å². The van der Waals surface area contributed by atoms with Crippen molar-refractivity contribution in [1.29, 1.82) is 0 Å². The zero-order valence-electron chi connectivity index (χ0n) is 15.0. The molecule has 0 saturated carbocycles. The molecule has 0 aliphatic rings. The van der Waals surface area contributed by atoms with E-state index in [2.05, 4.69) is 35.5 Å². The molecular weight excluding hydrogens is 374 g/mol. The molecule has 3 N–H and O–H groups in total. The molecule has 3 aromatic heterocycles. The molecule has 0 aliphatic carbocycles. The lowest BCUT2D eigenvalue weighted by atomic mass is 10.2. The second-order valence-electron chi connectivity index (χ2n) is 5.81. The van der Waals surface area contributed by atoms with Crippen molar-refractivity contribution in [3.8, 4) is 11.4 Å². The van der Waals surface area contributed by atoms with Gasteiger partial charge in [-0.25, -0.2) is 0 Å². The molecule has 4 rings (SSSR count). The Bertz CT molecular complexity index is 1070. The van der Waals surface area contributed by atoms with Crippen molar-refractivity contribution in [2.75, 3.05) is 11.1 Å². The van der Waals surface area contributed by atoms with Crippen molar-refractivity contribution >= 4 is 29.3 Å². The summed E-state index contributed by atoms with van der Waals surface area (Å²) >= 11 is 1.48. The van der Waals surface area contributed by atoms with Gasteiger partial charge in [-0.1, -0.05) is 30.0 Å². The summed E-state index contributed by atoms with van der Waals surface area (Å²) in [5.41, 5.74) is 7.67. The SMILES string of the molecule is Cn1c(SCc2nc(N)nc(Nc3ccccc3)n2)nnc1-c1ccncc1. The number of nitrogens with zero attached hydrogens (tertiary/aromatic N) is 7. The van der Waals surface area contributed by atoms with E-state index in [1.54, 1.807) is 12.4 Å². The third-order valence-corrected chi connectivity index (χ3v) is 4.85. The van der Waals surface area contributed by atoms with Gasteiger partial charge in [-0.15, -0.1) is 10.2 Å². The first-order chi connectivity index (χ1) is 13.7. The first kappa shape index (κ1) is 17.9. The van der Waals surface area contributed by atoms with Crippen LogP contribution in [0.2, 0.25) is 0 Å². The van der Waals surface area contributed by atoms with Gasteiger partial charge in [-0.3, -0.25) is 4.98 Å². The Morgan fingerprint density at radius 3 is 2.57 bits per heavy atom. The van der Waals surface area contributed by atoms with Gasteiger partial charge in [-0.2, -0.15) is 15.0 Å². The summed E-state index contributed by atoms with van der Waals surface area (Å²) in [4.78, 5) is 16.8. The summed E-state index contributed by atoms with van der Waals surface area (Å²) in [6.45, 7) is 0. The lowest BCUT2D eigenvalue weighted by molar-refractivity contribution is 0.792. The van der Waals surface area contributed by atoms with E-state index in [4.69, 9.17) is 5.73 Å². The average Bonchev–Trinajstić information content (AvgIpc) is 3.08. The number of para-hydroxylation sites is 1. The zero-order chi connectivity index (χ0) is 19.3. The zero-order valence-corrected chi connectivity index (χ0v) is 15.8. The van der Waals surface area contributed by atoms with E-state index in [-0.39, 0.29) is 5.95 Å². The predicted molar refractivity (Wildman–Crippen MR) is 108 cm³/mol. The van der Waals surface area contributed by atoms with Gasteiger partial charge in [0.2, 0.25) is 11.9 Å². The van der Waals surface area contributed by atoms with Crippen LogP contribution in [0.25, 0.3) is 11.4 Å². The molecular formula is C18H17N9S. The van der Waals surface area contributed by atoms with Crippen LogP contribution in [-0.4, -0.2) is 34.7 Å². The first-order valence-electron chi connectivity index (χ1n) is 8.44. The van der Waals surface area contributed by atoms with Crippen molar-refractivity contribution in [1.82, 2.24) is 34.7 Å². The number of nitrogens with one attached hydrogen (secondary N) is 1. The van der Waals surface area contributed by atoms with Crippen LogP contribution in [0.3, 0.4) is 0 Å². The van der Waals surface area contributed by atoms with Gasteiger partial charge in [0.05, 0.1) is 5.75 Å². The number of hydrogen-bond donors (Lipinski definition) is 2. The smallest absolute Gasteiger partial charge is 0.232 e. The van der Waals surface area contributed by atoms with Crippen LogP contribution < -0.4 is 11.1 Å². The number of hydrogen-bond acceptors (Lipinski definition) is 9. The number of rotatable bonds is 6. The monoisotopic (exact) mass is 391 g/mol. The Kier molecular flexibility index (Phi) is 5.11. The molecule has 140 valence electrons. The Morgan fingerprint density at radius 1 is 1.00 bits per heavy atom. The number of nitrogen functional groups attached to an aromatic ring is 1. The number of anilines is 3. The van der Waals surface area contributed by atoms with Gasteiger partial charge >= 0.3 is 0 Å². The summed E-state index contributed by atoms with van der Waals surface area (Å²) in [5.74, 6) is 2.39. The van der Waals surface area contributed by atoms with E-state index < -0.39 is 0 Å². The molecule has 3 heterocycles. The van der Waals surface area contributed by atoms with Gasteiger partial charge in [0.1, 0.15) is 5.82 Å². The third-order valence-electron chi connectivity index (χ3n) is 3.83. The maximum Gasteiger partial charge on any atom is 0.232 e. The second kappa shape index (κ2) is 8.01. The highest BCUT2D eigenvalue weighted by Gasteiger charge is 2.13. The predicted octanol–water partition coefficient (Wildman–Crippen LogP) is 2.68. The van der Waals surface area contributed by atoms with Gasteiger partial charge in [0, 0.05) is 30.7 Å². The molecule has 0 radical (unpaired) electrons. The molecule has 9 nitrogen and oxygen atoms in total. The normalized spacial score (nSPS) is 10.8. The van der Waals surface area contributed by atoms with E-state index in [9.17, 15) is 0 Å². The van der Waals surface area contributed by atoms with Gasteiger partial charge in [-0.05, 0) is 24.3 Å². The topological polar surface area (TPSA) is 120 Å². The summed E-state index contributed by atoms with van der Waals surface area (Å²) in [7, 11) is 1.92. The molecule has 4 aromatic rings. The van der Waals surface area contributed by atoms with Gasteiger partial charge in [0.15, 0.2) is 11.0 Å². The summed E-state index contributed by atoms with van der Waals surface area (Å²) in [5, 5.41) is 12.4. The molecule has 0 unspecified atom stereocenters. The molecule has 10 heteroatoms. The van der Waals surface area contributed by atoms with Crippen LogP contribution in [0, 0.1) is 0 Å². The quantitative estimate of drug-likeness (QED) is 0.478. The largest absolute Gasteiger partial charge is 0.368 e. The van der Waals surface area contributed by atoms with Crippen molar-refractivity contribution in [3.63, 3.8) is 0 Å². The number of benzene rings is 1. The fourth-order valence-electron chi connectivity index (χ4n) is 2.53. The highest BCUT2D eigenvalue weighted by atomic mass is 32.2. The Hall–Kier alpha value is -3.53. The molecule has 1 aromatic carbocycles. The minimum absolute atomic E-state index is 0.166. The van der Waals surface area contributed by atoms with Crippen molar-refractivity contribution < 1.29 is 0 Å². The van der Waals surface area contributed by atoms with Gasteiger partial charge < -0.3 is 15.6 Å². The van der Waals surface area contributed by atoms with Crippen LogP contribution in [0.4, 0.5) is 17.6 Å². The summed E-state index contributed by atoms with van der Waals surface area (Å²) < 4.78 is 1.92. The van der Waals surface area contributed by atoms with Crippen LogP contribution in [0.15, 0.2) is 60.0 Å². The van der Waals surface area contributed by atoms with Crippen LogP contribution in [-0.2, 0) is 12.8 Å². The molecule has 0 fully saturated rings. The highest BCUT2D eigenvalue weighted by molar-refractivity contribution is 7.98. The van der Waals surface area contributed by atoms with E-state index in [1.807, 2.05) is 54.1 Å². The lowest BCUT2D eigenvalue weighted by Crippen LogP contribution is -2.06. The fourth-order valence-corrected chi connectivity index (χ4v) is 3.30. The molecule has 0 aliphatic heterocycles. The maximum absolute atomic E-state index is 5.84. The Balaban J connectivity index is 1.49. The standard InChI is InChI=1S/C18H17N9S/c1-27-15(12-7-9-20-10-8-12)25-26-18(27)28-11-14-22-16(19)24-17(23-14)21-13-5-3-2-4-6-13/h2-10H,11H2,1H3,(H3,19,21,22,23,24). The fraction of sp³-hybridized carbons (Fsp3) is 0.111. The maximum atomic E-state index is 5.84. The molecule has 0 amide bonds. The molecule has 28 heavy (non-hydrogen) atoms. The second-order valence-corrected chi connectivity index (χ2v) is 6.76. The minimum Gasteiger partial charge on any atom is -0.368 e. The van der Waals surface area contributed by atoms with Gasteiger partial charge in [0.25, 0.3) is 0 Å². The van der Waals surface area contributed by atoms with Crippen LogP contribution in [0.5, 0.6) is 0 Å². The highest BCUT2D eigenvalue weighted by Crippen LogP contribution is 2.24. The van der Waals surface area contributed by atoms with Crippen molar-refractivity contribution in [2.24, 2.45) is 7.05 Å². The van der Waals surface area contributed by atoms with Crippen molar-refractivity contribution in [2.45, 2.75) is 10.9 Å². The minimum atomic E-state index is 0.166. The Morgan fingerprint density at radius 2 is 1.79 bits per heavy atom. The molecule has 0 saturated heterocycles. The van der Waals surface area contributed by atoms with Crippen LogP contribution >= 0.6 is 11.8 Å².